The zero-order valence-corrected chi connectivity index (χ0v) is 18.4. The second-order valence-corrected chi connectivity index (χ2v) is 8.63. The van der Waals surface area contributed by atoms with Gasteiger partial charge in [0.05, 0.1) is 5.92 Å². The van der Waals surface area contributed by atoms with E-state index in [0.29, 0.717) is 18.5 Å². The lowest BCUT2D eigenvalue weighted by Crippen LogP contribution is -2.52. The highest BCUT2D eigenvalue weighted by molar-refractivity contribution is 6.03. The molecule has 7 nitrogen and oxygen atoms in total. The van der Waals surface area contributed by atoms with Gasteiger partial charge >= 0.3 is 0 Å². The molecule has 2 aliphatic rings. The van der Waals surface area contributed by atoms with E-state index >= 15 is 0 Å². The Hall–Kier alpha value is -3.19. The Morgan fingerprint density at radius 3 is 2.34 bits per heavy atom. The fraction of sp³-hybridized carbons (Fsp3) is 0.400. The maximum atomic E-state index is 12.6. The van der Waals surface area contributed by atoms with Gasteiger partial charge in [-0.2, -0.15) is 0 Å². The zero-order chi connectivity index (χ0) is 22.5. The first-order chi connectivity index (χ1) is 15.5. The number of carbonyl (C=O) groups is 3. The van der Waals surface area contributed by atoms with Crippen LogP contribution >= 0.6 is 0 Å². The van der Waals surface area contributed by atoms with Crippen LogP contribution in [0.5, 0.6) is 0 Å². The largest absolute Gasteiger partial charge is 0.369 e. The van der Waals surface area contributed by atoms with E-state index in [0.717, 1.165) is 31.7 Å². The van der Waals surface area contributed by atoms with Crippen LogP contribution in [0.15, 0.2) is 54.6 Å². The molecule has 2 aliphatic heterocycles. The summed E-state index contributed by atoms with van der Waals surface area (Å²) in [6.45, 7) is 6.64. The molecule has 2 saturated heterocycles. The van der Waals surface area contributed by atoms with Gasteiger partial charge in [0.15, 0.2) is 0 Å². The monoisotopic (exact) mass is 434 g/mol. The molecule has 0 saturated carbocycles. The second-order valence-electron chi connectivity index (χ2n) is 8.63. The maximum absolute atomic E-state index is 12.6. The Bertz CT molecular complexity index is 953. The average molecular weight is 435 g/mol. The summed E-state index contributed by atoms with van der Waals surface area (Å²) in [4.78, 5) is 40.4. The molecular formula is C25H30N4O3. The van der Waals surface area contributed by atoms with Crippen molar-refractivity contribution in [2.24, 2.45) is 5.92 Å². The zero-order valence-electron chi connectivity index (χ0n) is 18.4. The lowest BCUT2D eigenvalue weighted by molar-refractivity contribution is -0.125. The Balaban J connectivity index is 1.22. The molecule has 2 heterocycles. The van der Waals surface area contributed by atoms with Gasteiger partial charge < -0.3 is 10.2 Å². The maximum Gasteiger partial charge on any atom is 0.251 e. The van der Waals surface area contributed by atoms with Gasteiger partial charge in [-0.05, 0) is 43.2 Å². The molecule has 0 bridgehead atoms. The molecule has 2 aromatic carbocycles. The molecule has 32 heavy (non-hydrogen) atoms. The fourth-order valence-corrected chi connectivity index (χ4v) is 4.38. The van der Waals surface area contributed by atoms with Crippen molar-refractivity contribution in [1.82, 2.24) is 15.5 Å². The number of nitrogens with one attached hydrogen (secondary N) is 2. The highest BCUT2D eigenvalue weighted by atomic mass is 16.2. The van der Waals surface area contributed by atoms with E-state index in [-0.39, 0.29) is 36.1 Å². The van der Waals surface area contributed by atoms with Gasteiger partial charge in [0.2, 0.25) is 11.8 Å². The lowest BCUT2D eigenvalue weighted by atomic mass is 9.97. The number of rotatable bonds is 7. The fourth-order valence-electron chi connectivity index (χ4n) is 4.38. The Morgan fingerprint density at radius 1 is 1.03 bits per heavy atom. The molecular weight excluding hydrogens is 404 g/mol. The van der Waals surface area contributed by atoms with Crippen molar-refractivity contribution in [3.05, 3.63) is 65.7 Å². The topological polar surface area (TPSA) is 81.8 Å². The van der Waals surface area contributed by atoms with Crippen LogP contribution in [0.3, 0.4) is 0 Å². The van der Waals surface area contributed by atoms with E-state index in [1.54, 1.807) is 12.1 Å². The smallest absolute Gasteiger partial charge is 0.251 e. The predicted octanol–water partition coefficient (Wildman–Crippen LogP) is 1.83. The van der Waals surface area contributed by atoms with Crippen LogP contribution in [-0.4, -0.2) is 61.4 Å². The molecule has 0 unspecified atom stereocenters. The molecule has 2 N–H and O–H groups in total. The number of hydrogen-bond donors (Lipinski definition) is 2. The van der Waals surface area contributed by atoms with Gasteiger partial charge in [0, 0.05) is 56.4 Å². The molecule has 3 amide bonds. The van der Waals surface area contributed by atoms with Crippen molar-refractivity contribution in [3.63, 3.8) is 0 Å². The van der Waals surface area contributed by atoms with Crippen molar-refractivity contribution in [1.29, 1.82) is 0 Å². The number of carbonyl (C=O) groups excluding carboxylic acids is 3. The highest BCUT2D eigenvalue weighted by Crippen LogP contribution is 2.18. The van der Waals surface area contributed by atoms with E-state index in [2.05, 4.69) is 51.6 Å². The van der Waals surface area contributed by atoms with E-state index in [1.165, 1.54) is 5.69 Å². The number of nitrogens with zero attached hydrogens (tertiary/aromatic N) is 2. The van der Waals surface area contributed by atoms with Gasteiger partial charge in [0.25, 0.3) is 5.91 Å². The van der Waals surface area contributed by atoms with E-state index in [9.17, 15) is 14.4 Å². The molecule has 0 spiro atoms. The summed E-state index contributed by atoms with van der Waals surface area (Å²) < 4.78 is 0. The minimum atomic E-state index is -0.314. The first-order valence-electron chi connectivity index (χ1n) is 11.2. The van der Waals surface area contributed by atoms with Crippen molar-refractivity contribution in [2.75, 3.05) is 37.6 Å². The van der Waals surface area contributed by atoms with Crippen LogP contribution in [0.25, 0.3) is 0 Å². The molecule has 7 heteroatoms. The summed E-state index contributed by atoms with van der Waals surface area (Å²) >= 11 is 0. The number of benzene rings is 2. The minimum absolute atomic E-state index is 0.0971. The van der Waals surface area contributed by atoms with Gasteiger partial charge in [-0.25, -0.2) is 0 Å². The summed E-state index contributed by atoms with van der Waals surface area (Å²) in [7, 11) is 0. The molecule has 0 aromatic heterocycles. The van der Waals surface area contributed by atoms with E-state index in [4.69, 9.17) is 0 Å². The first-order valence-corrected chi connectivity index (χ1v) is 11.2. The quantitative estimate of drug-likeness (QED) is 0.650. The third-order valence-electron chi connectivity index (χ3n) is 6.38. The molecule has 2 fully saturated rings. The van der Waals surface area contributed by atoms with Crippen LogP contribution in [0.1, 0.15) is 29.3 Å². The van der Waals surface area contributed by atoms with E-state index < -0.39 is 0 Å². The number of para-hydroxylation sites is 1. The van der Waals surface area contributed by atoms with Gasteiger partial charge in [-0.1, -0.05) is 30.3 Å². The molecule has 0 aliphatic carbocycles. The Kier molecular flexibility index (Phi) is 6.85. The number of piperazine rings is 1. The van der Waals surface area contributed by atoms with Crippen LogP contribution < -0.4 is 15.5 Å². The number of imide groups is 1. The SMILES string of the molecule is C[C@@H](CNC(=O)c1ccc(C[C@H]2CC(=O)NC2=O)cc1)N1CCN(c2ccccc2)CC1. The van der Waals surface area contributed by atoms with Crippen molar-refractivity contribution >= 4 is 23.4 Å². The summed E-state index contributed by atoms with van der Waals surface area (Å²) in [5.74, 6) is -0.840. The van der Waals surface area contributed by atoms with Gasteiger partial charge in [-0.15, -0.1) is 0 Å². The summed E-state index contributed by atoms with van der Waals surface area (Å²) in [5.41, 5.74) is 2.81. The molecule has 2 aromatic rings. The number of hydrogen-bond acceptors (Lipinski definition) is 5. The van der Waals surface area contributed by atoms with E-state index in [1.807, 2.05) is 18.2 Å². The van der Waals surface area contributed by atoms with Crippen LogP contribution in [0, 0.1) is 5.92 Å². The van der Waals surface area contributed by atoms with Crippen LogP contribution in [0.2, 0.25) is 0 Å². The predicted molar refractivity (Wildman–Crippen MR) is 123 cm³/mol. The summed E-state index contributed by atoms with van der Waals surface area (Å²) in [6.07, 6.45) is 0.740. The standard InChI is InChI=1S/C25H30N4O3/c1-18(28-11-13-29(14-12-28)22-5-3-2-4-6-22)17-26-24(31)20-9-7-19(8-10-20)15-21-16-23(30)27-25(21)32/h2-10,18,21H,11-17H2,1H3,(H,26,31)(H,27,30,32)/t18-,21-/m0/s1. The molecule has 168 valence electrons. The van der Waals surface area contributed by atoms with Gasteiger partial charge in [0.1, 0.15) is 0 Å². The third-order valence-corrected chi connectivity index (χ3v) is 6.38. The van der Waals surface area contributed by atoms with Crippen molar-refractivity contribution < 1.29 is 14.4 Å². The third kappa shape index (κ3) is 5.34. The minimum Gasteiger partial charge on any atom is -0.369 e. The first kappa shape index (κ1) is 22.0. The lowest BCUT2D eigenvalue weighted by Gasteiger charge is -2.39. The highest BCUT2D eigenvalue weighted by Gasteiger charge is 2.30. The normalized spacial score (nSPS) is 20.2. The van der Waals surface area contributed by atoms with Crippen LogP contribution in [-0.2, 0) is 16.0 Å². The molecule has 2 atom stereocenters. The Morgan fingerprint density at radius 2 is 1.72 bits per heavy atom. The van der Waals surface area contributed by atoms with Crippen LogP contribution in [0.4, 0.5) is 5.69 Å². The summed E-state index contributed by atoms with van der Waals surface area (Å²) in [5, 5.41) is 5.37. The Labute approximate surface area is 188 Å². The second kappa shape index (κ2) is 9.96. The number of amides is 3. The molecule has 0 radical (unpaired) electrons. The summed E-state index contributed by atoms with van der Waals surface area (Å²) in [6, 6.07) is 18.0. The van der Waals surface area contributed by atoms with Crippen molar-refractivity contribution in [2.45, 2.75) is 25.8 Å². The van der Waals surface area contributed by atoms with Gasteiger partial charge in [-0.3, -0.25) is 24.6 Å². The molecule has 4 rings (SSSR count). The number of anilines is 1. The van der Waals surface area contributed by atoms with Crippen molar-refractivity contribution in [3.8, 4) is 0 Å². The average Bonchev–Trinajstić information content (AvgIpc) is 3.14.